The summed E-state index contributed by atoms with van der Waals surface area (Å²) in [6.45, 7) is 4.38. The van der Waals surface area contributed by atoms with E-state index >= 15 is 0 Å². The Balaban J connectivity index is 4.50. The second-order valence-electron chi connectivity index (χ2n) is 14.7. The highest BCUT2D eigenvalue weighted by atomic mass is 16.6. The van der Waals surface area contributed by atoms with Crippen molar-refractivity contribution in [3.63, 3.8) is 0 Å². The predicted molar refractivity (Wildman–Crippen MR) is 226 cm³/mol. The third-order valence-corrected chi connectivity index (χ3v) is 8.64. The highest BCUT2D eigenvalue weighted by Gasteiger charge is 2.25. The number of esters is 2. The van der Waals surface area contributed by atoms with Crippen LogP contribution in [0.3, 0.4) is 0 Å². The van der Waals surface area contributed by atoms with E-state index in [-0.39, 0.29) is 49.1 Å². The van der Waals surface area contributed by atoms with Crippen LogP contribution in [0, 0.1) is 0 Å². The number of carboxylic acids is 1. The van der Waals surface area contributed by atoms with Crippen molar-refractivity contribution in [1.29, 1.82) is 0 Å². The molecule has 0 radical (unpaired) electrons. The van der Waals surface area contributed by atoms with Crippen LogP contribution in [-0.2, 0) is 28.6 Å². The standard InChI is InChI=1S/C47H75NO7/c1-6-8-10-12-14-16-18-20-21-22-23-24-26-27-29-31-33-35-37-45(49)54-42-43(41-53-40-39-44(47(51)52)48(3,4)5)55-46(50)38-36-34-32-30-28-25-19-17-15-13-11-9-7-2/h9,11,13-25,28,43-44H,6-8,10,12,26-27,29-42H2,1-5H3/b11-9+,15-13+,16-14+,19-17+,20-18+,22-21+,24-23+,28-25+. The molecule has 0 amide bonds. The molecule has 0 aliphatic heterocycles. The molecule has 0 saturated carbocycles. The fourth-order valence-electron chi connectivity index (χ4n) is 5.38. The summed E-state index contributed by atoms with van der Waals surface area (Å²) in [4.78, 5) is 36.8. The Morgan fingerprint density at radius 1 is 0.564 bits per heavy atom. The molecule has 0 aliphatic carbocycles. The first kappa shape index (κ1) is 51.2. The minimum absolute atomic E-state index is 0.00972. The lowest BCUT2D eigenvalue weighted by Crippen LogP contribution is -2.55. The zero-order valence-electron chi connectivity index (χ0n) is 35.0. The number of quaternary nitrogens is 1. The summed E-state index contributed by atoms with van der Waals surface area (Å²) in [5.74, 6) is -1.83. The molecule has 0 heterocycles. The topological polar surface area (TPSA) is 102 Å². The van der Waals surface area contributed by atoms with E-state index in [9.17, 15) is 19.5 Å². The molecule has 0 N–H and O–H groups in total. The van der Waals surface area contributed by atoms with Crippen molar-refractivity contribution in [3.05, 3.63) is 97.2 Å². The summed E-state index contributed by atoms with van der Waals surface area (Å²) >= 11 is 0. The van der Waals surface area contributed by atoms with E-state index in [1.54, 1.807) is 21.1 Å². The van der Waals surface area contributed by atoms with E-state index in [1.807, 2.05) is 48.6 Å². The van der Waals surface area contributed by atoms with Crippen LogP contribution in [0.4, 0.5) is 0 Å². The number of allylic oxidation sites excluding steroid dienone is 16. The molecule has 0 spiro atoms. The third kappa shape index (κ3) is 35.7. The van der Waals surface area contributed by atoms with Crippen molar-refractivity contribution in [1.82, 2.24) is 0 Å². The first-order valence-corrected chi connectivity index (χ1v) is 20.9. The second kappa shape index (κ2) is 37.2. The fraction of sp³-hybridized carbons (Fsp3) is 0.596. The number of carboxylic acid groups (broad SMARTS) is 1. The summed E-state index contributed by atoms with van der Waals surface area (Å²) in [6, 6.07) is -0.742. The van der Waals surface area contributed by atoms with Gasteiger partial charge in [-0.15, -0.1) is 0 Å². The van der Waals surface area contributed by atoms with Crippen LogP contribution in [0.1, 0.15) is 129 Å². The smallest absolute Gasteiger partial charge is 0.306 e. The van der Waals surface area contributed by atoms with Gasteiger partial charge in [-0.1, -0.05) is 150 Å². The molecule has 0 fully saturated rings. The number of carbonyl (C=O) groups excluding carboxylic acids is 3. The monoisotopic (exact) mass is 766 g/mol. The van der Waals surface area contributed by atoms with E-state index in [4.69, 9.17) is 14.2 Å². The fourth-order valence-corrected chi connectivity index (χ4v) is 5.38. The molecule has 2 atom stereocenters. The zero-order valence-corrected chi connectivity index (χ0v) is 35.0. The average Bonchev–Trinajstić information content (AvgIpc) is 3.14. The molecule has 0 aromatic heterocycles. The van der Waals surface area contributed by atoms with Crippen molar-refractivity contribution < 1.29 is 38.2 Å². The molecule has 0 bridgehead atoms. The van der Waals surface area contributed by atoms with Crippen LogP contribution in [0.2, 0.25) is 0 Å². The number of rotatable bonds is 35. The van der Waals surface area contributed by atoms with Crippen LogP contribution in [0.5, 0.6) is 0 Å². The number of unbranched alkanes of at least 4 members (excludes halogenated alkanes) is 11. The molecule has 0 saturated heterocycles. The molecule has 310 valence electrons. The van der Waals surface area contributed by atoms with Gasteiger partial charge in [0.15, 0.2) is 6.10 Å². The van der Waals surface area contributed by atoms with Gasteiger partial charge in [-0.25, -0.2) is 0 Å². The van der Waals surface area contributed by atoms with Crippen molar-refractivity contribution in [2.45, 2.75) is 142 Å². The van der Waals surface area contributed by atoms with Gasteiger partial charge in [0.05, 0.1) is 40.3 Å². The van der Waals surface area contributed by atoms with Crippen molar-refractivity contribution in [3.8, 4) is 0 Å². The predicted octanol–water partition coefficient (Wildman–Crippen LogP) is 9.79. The number of ether oxygens (including phenoxy) is 3. The third-order valence-electron chi connectivity index (χ3n) is 8.64. The van der Waals surface area contributed by atoms with E-state index in [2.05, 4.69) is 62.5 Å². The van der Waals surface area contributed by atoms with Gasteiger partial charge in [0.25, 0.3) is 0 Å². The van der Waals surface area contributed by atoms with Gasteiger partial charge in [-0.3, -0.25) is 9.59 Å². The molecule has 8 nitrogen and oxygen atoms in total. The summed E-state index contributed by atoms with van der Waals surface area (Å²) in [7, 11) is 5.36. The number of carbonyl (C=O) groups is 3. The number of aliphatic carboxylic acids is 1. The zero-order chi connectivity index (χ0) is 40.7. The molecule has 0 aromatic rings. The maximum absolute atomic E-state index is 12.7. The maximum Gasteiger partial charge on any atom is 0.306 e. The van der Waals surface area contributed by atoms with Gasteiger partial charge >= 0.3 is 11.9 Å². The van der Waals surface area contributed by atoms with E-state index in [1.165, 1.54) is 19.3 Å². The van der Waals surface area contributed by atoms with Gasteiger partial charge < -0.3 is 28.6 Å². The van der Waals surface area contributed by atoms with Gasteiger partial charge in [0.1, 0.15) is 12.6 Å². The highest BCUT2D eigenvalue weighted by Crippen LogP contribution is 2.12. The first-order chi connectivity index (χ1) is 26.6. The normalized spacial score (nSPS) is 14.0. The summed E-state index contributed by atoms with van der Waals surface area (Å²) < 4.78 is 17.1. The number of likely N-dealkylation sites (N-methyl/N-ethyl adjacent to an activating group) is 1. The largest absolute Gasteiger partial charge is 0.544 e. The van der Waals surface area contributed by atoms with Gasteiger partial charge in [-0.05, 0) is 57.8 Å². The van der Waals surface area contributed by atoms with Gasteiger partial charge in [-0.2, -0.15) is 0 Å². The Bertz CT molecular complexity index is 1220. The van der Waals surface area contributed by atoms with Crippen LogP contribution < -0.4 is 5.11 Å². The molecule has 55 heavy (non-hydrogen) atoms. The van der Waals surface area contributed by atoms with E-state index < -0.39 is 18.1 Å². The van der Waals surface area contributed by atoms with Crippen molar-refractivity contribution in [2.75, 3.05) is 41.0 Å². The van der Waals surface area contributed by atoms with Crippen LogP contribution in [0.25, 0.3) is 0 Å². The second-order valence-corrected chi connectivity index (χ2v) is 14.7. The van der Waals surface area contributed by atoms with Crippen LogP contribution >= 0.6 is 0 Å². The minimum atomic E-state index is -1.14. The maximum atomic E-state index is 12.7. The number of hydrogen-bond donors (Lipinski definition) is 0. The minimum Gasteiger partial charge on any atom is -0.544 e. The quantitative estimate of drug-likeness (QED) is 0.0274. The molecule has 0 aliphatic rings. The molecular formula is C47H75NO7. The first-order valence-electron chi connectivity index (χ1n) is 20.9. The lowest BCUT2D eigenvalue weighted by Gasteiger charge is -2.34. The Labute approximate surface area is 335 Å². The lowest BCUT2D eigenvalue weighted by atomic mass is 10.1. The number of nitrogens with zero attached hydrogens (tertiary/aromatic N) is 1. The van der Waals surface area contributed by atoms with Gasteiger partial charge in [0, 0.05) is 19.3 Å². The Kier molecular flexibility index (Phi) is 34.7. The van der Waals surface area contributed by atoms with Gasteiger partial charge in [0.2, 0.25) is 0 Å². The van der Waals surface area contributed by atoms with Crippen LogP contribution in [0.15, 0.2) is 97.2 Å². The highest BCUT2D eigenvalue weighted by molar-refractivity contribution is 5.70. The summed E-state index contributed by atoms with van der Waals surface area (Å²) in [5, 5.41) is 11.6. The molecule has 2 unspecified atom stereocenters. The SMILES string of the molecule is CC/C=C/C=C/C=C/C=C/CCCCCC(=O)OC(COCCC(C(=O)[O-])[N+](C)(C)C)COC(=O)CCCCCCC/C=C/C=C/C=C/C=C/CCCCC. The van der Waals surface area contributed by atoms with E-state index in [0.717, 1.165) is 70.6 Å². The number of hydrogen-bond acceptors (Lipinski definition) is 7. The van der Waals surface area contributed by atoms with Crippen LogP contribution in [-0.4, -0.2) is 75.5 Å². The summed E-state index contributed by atoms with van der Waals surface area (Å²) in [6.07, 6.45) is 48.6. The molecule has 0 rings (SSSR count). The Hall–Kier alpha value is -3.75. The molecule has 8 heteroatoms. The Morgan fingerprint density at radius 3 is 1.53 bits per heavy atom. The lowest BCUT2D eigenvalue weighted by molar-refractivity contribution is -0.889. The van der Waals surface area contributed by atoms with Crippen molar-refractivity contribution in [2.24, 2.45) is 0 Å². The molecule has 0 aromatic carbocycles. The Morgan fingerprint density at radius 2 is 1.02 bits per heavy atom. The average molecular weight is 766 g/mol. The summed E-state index contributed by atoms with van der Waals surface area (Å²) in [5.41, 5.74) is 0. The van der Waals surface area contributed by atoms with Crippen molar-refractivity contribution >= 4 is 17.9 Å². The van der Waals surface area contributed by atoms with E-state index in [0.29, 0.717) is 12.8 Å². The molecular weight excluding hydrogens is 691 g/mol.